The SMILES string of the molecule is CCc1cccc(C)c1NC(=O)C(C)Oc1ccccc1C(C)(C)C. The number of nitrogens with one attached hydrogen (secondary N) is 1. The van der Waals surface area contributed by atoms with Crippen LogP contribution in [-0.4, -0.2) is 12.0 Å². The van der Waals surface area contributed by atoms with Gasteiger partial charge in [-0.1, -0.05) is 64.1 Å². The molecule has 134 valence electrons. The van der Waals surface area contributed by atoms with Gasteiger partial charge in [-0.15, -0.1) is 0 Å². The van der Waals surface area contributed by atoms with Crippen LogP contribution in [0.25, 0.3) is 0 Å². The number of amides is 1. The zero-order valence-electron chi connectivity index (χ0n) is 16.1. The van der Waals surface area contributed by atoms with Crippen molar-refractivity contribution in [1.82, 2.24) is 0 Å². The highest BCUT2D eigenvalue weighted by Gasteiger charge is 2.22. The minimum atomic E-state index is -0.576. The number of ether oxygens (including phenoxy) is 1. The number of para-hydroxylation sites is 2. The zero-order valence-corrected chi connectivity index (χ0v) is 16.1. The van der Waals surface area contributed by atoms with E-state index in [4.69, 9.17) is 4.74 Å². The van der Waals surface area contributed by atoms with Crippen LogP contribution in [0.3, 0.4) is 0 Å². The Morgan fingerprint density at radius 2 is 1.80 bits per heavy atom. The van der Waals surface area contributed by atoms with E-state index in [1.807, 2.05) is 43.3 Å². The highest BCUT2D eigenvalue weighted by Crippen LogP contribution is 2.31. The summed E-state index contributed by atoms with van der Waals surface area (Å²) in [5.41, 5.74) is 4.15. The molecule has 3 nitrogen and oxygen atoms in total. The van der Waals surface area contributed by atoms with Gasteiger partial charge in [0.05, 0.1) is 0 Å². The molecular formula is C22H29NO2. The molecule has 1 amide bonds. The first-order valence-corrected chi connectivity index (χ1v) is 8.89. The van der Waals surface area contributed by atoms with Crippen LogP contribution in [0, 0.1) is 6.92 Å². The largest absolute Gasteiger partial charge is 0.481 e. The van der Waals surface area contributed by atoms with Crippen molar-refractivity contribution in [2.75, 3.05) is 5.32 Å². The maximum atomic E-state index is 12.7. The second-order valence-corrected chi connectivity index (χ2v) is 7.46. The Kier molecular flexibility index (Phi) is 5.89. The number of hydrogen-bond donors (Lipinski definition) is 1. The van der Waals surface area contributed by atoms with Crippen LogP contribution in [-0.2, 0) is 16.6 Å². The average Bonchev–Trinajstić information content (AvgIpc) is 2.56. The topological polar surface area (TPSA) is 38.3 Å². The summed E-state index contributed by atoms with van der Waals surface area (Å²) in [6.07, 6.45) is 0.298. The van der Waals surface area contributed by atoms with Gasteiger partial charge in [0, 0.05) is 5.69 Å². The molecule has 0 radical (unpaired) electrons. The number of carbonyl (C=O) groups is 1. The van der Waals surface area contributed by atoms with Crippen LogP contribution in [0.1, 0.15) is 51.3 Å². The van der Waals surface area contributed by atoms with Crippen molar-refractivity contribution in [3.63, 3.8) is 0 Å². The van der Waals surface area contributed by atoms with E-state index in [9.17, 15) is 4.79 Å². The van der Waals surface area contributed by atoms with Gasteiger partial charge in [0.25, 0.3) is 5.91 Å². The van der Waals surface area contributed by atoms with Crippen molar-refractivity contribution in [2.45, 2.75) is 59.5 Å². The minimum Gasteiger partial charge on any atom is -0.481 e. The van der Waals surface area contributed by atoms with E-state index in [2.05, 4.69) is 39.1 Å². The second kappa shape index (κ2) is 7.73. The van der Waals surface area contributed by atoms with Gasteiger partial charge in [0.2, 0.25) is 0 Å². The third kappa shape index (κ3) is 4.62. The number of hydrogen-bond acceptors (Lipinski definition) is 2. The molecule has 3 heteroatoms. The Morgan fingerprint density at radius 1 is 1.12 bits per heavy atom. The van der Waals surface area contributed by atoms with Crippen LogP contribution < -0.4 is 10.1 Å². The lowest BCUT2D eigenvalue weighted by Crippen LogP contribution is -2.31. The van der Waals surface area contributed by atoms with E-state index in [1.165, 1.54) is 0 Å². The molecule has 0 spiro atoms. The van der Waals surface area contributed by atoms with E-state index in [-0.39, 0.29) is 11.3 Å². The van der Waals surface area contributed by atoms with Gasteiger partial charge in [-0.25, -0.2) is 0 Å². The summed E-state index contributed by atoms with van der Waals surface area (Å²) in [7, 11) is 0. The summed E-state index contributed by atoms with van der Waals surface area (Å²) in [5, 5.41) is 3.04. The molecule has 0 aromatic heterocycles. The third-order valence-electron chi connectivity index (χ3n) is 4.36. The molecule has 0 heterocycles. The predicted octanol–water partition coefficient (Wildman–Crippen LogP) is 5.26. The molecule has 1 N–H and O–H groups in total. The van der Waals surface area contributed by atoms with Gasteiger partial charge < -0.3 is 10.1 Å². The molecule has 1 unspecified atom stereocenters. The lowest BCUT2D eigenvalue weighted by molar-refractivity contribution is -0.122. The van der Waals surface area contributed by atoms with Crippen LogP contribution in [0.4, 0.5) is 5.69 Å². The number of rotatable bonds is 5. The molecule has 0 aliphatic carbocycles. The van der Waals surface area contributed by atoms with E-state index in [1.54, 1.807) is 6.92 Å². The zero-order chi connectivity index (χ0) is 18.6. The highest BCUT2D eigenvalue weighted by atomic mass is 16.5. The number of aryl methyl sites for hydroxylation is 2. The van der Waals surface area contributed by atoms with E-state index < -0.39 is 6.10 Å². The van der Waals surface area contributed by atoms with Crippen molar-refractivity contribution in [3.05, 3.63) is 59.2 Å². The van der Waals surface area contributed by atoms with Crippen LogP contribution >= 0.6 is 0 Å². The molecule has 2 aromatic carbocycles. The maximum Gasteiger partial charge on any atom is 0.265 e. The second-order valence-electron chi connectivity index (χ2n) is 7.46. The van der Waals surface area contributed by atoms with Crippen LogP contribution in [0.2, 0.25) is 0 Å². The summed E-state index contributed by atoms with van der Waals surface area (Å²) in [6, 6.07) is 14.0. The first-order chi connectivity index (χ1) is 11.7. The molecule has 0 fully saturated rings. The molecule has 0 saturated carbocycles. The van der Waals surface area contributed by atoms with Crippen molar-refractivity contribution >= 4 is 11.6 Å². The van der Waals surface area contributed by atoms with E-state index >= 15 is 0 Å². The smallest absolute Gasteiger partial charge is 0.265 e. The van der Waals surface area contributed by atoms with Gasteiger partial charge >= 0.3 is 0 Å². The summed E-state index contributed by atoms with van der Waals surface area (Å²) < 4.78 is 6.01. The normalized spacial score (nSPS) is 12.6. The van der Waals surface area contributed by atoms with Gasteiger partial charge in [-0.2, -0.15) is 0 Å². The van der Waals surface area contributed by atoms with E-state index in [0.717, 1.165) is 34.5 Å². The Morgan fingerprint density at radius 3 is 2.44 bits per heavy atom. The molecule has 0 aliphatic heterocycles. The standard InChI is InChI=1S/C22H29NO2/c1-7-17-12-10-11-15(2)20(17)23-21(24)16(3)25-19-14-9-8-13-18(19)22(4,5)6/h8-14,16H,7H2,1-6H3,(H,23,24). The van der Waals surface area contributed by atoms with Crippen LogP contribution in [0.15, 0.2) is 42.5 Å². The lowest BCUT2D eigenvalue weighted by Gasteiger charge is -2.25. The Balaban J connectivity index is 2.18. The predicted molar refractivity (Wildman–Crippen MR) is 104 cm³/mol. The van der Waals surface area contributed by atoms with Crippen molar-refractivity contribution < 1.29 is 9.53 Å². The van der Waals surface area contributed by atoms with Crippen molar-refractivity contribution in [1.29, 1.82) is 0 Å². The minimum absolute atomic E-state index is 0.0435. The highest BCUT2D eigenvalue weighted by molar-refractivity contribution is 5.95. The molecule has 0 bridgehead atoms. The summed E-state index contributed by atoms with van der Waals surface area (Å²) >= 11 is 0. The molecule has 1 atom stereocenters. The third-order valence-corrected chi connectivity index (χ3v) is 4.36. The summed E-state index contributed by atoms with van der Waals surface area (Å²) in [4.78, 5) is 12.7. The van der Waals surface area contributed by atoms with Crippen molar-refractivity contribution in [3.8, 4) is 5.75 Å². The Labute approximate surface area is 151 Å². The monoisotopic (exact) mass is 339 g/mol. The summed E-state index contributed by atoms with van der Waals surface area (Å²) in [5.74, 6) is 0.630. The van der Waals surface area contributed by atoms with Crippen molar-refractivity contribution in [2.24, 2.45) is 0 Å². The fraction of sp³-hybridized carbons (Fsp3) is 0.409. The Hall–Kier alpha value is -2.29. The van der Waals surface area contributed by atoms with Gasteiger partial charge in [-0.05, 0) is 48.4 Å². The molecule has 0 saturated heterocycles. The maximum absolute atomic E-state index is 12.7. The first-order valence-electron chi connectivity index (χ1n) is 8.89. The molecule has 2 aromatic rings. The summed E-state index contributed by atoms with van der Waals surface area (Å²) in [6.45, 7) is 12.3. The molecule has 2 rings (SSSR count). The van der Waals surface area contributed by atoms with Crippen LogP contribution in [0.5, 0.6) is 5.75 Å². The Bertz CT molecular complexity index is 744. The molecule has 0 aliphatic rings. The molecular weight excluding hydrogens is 310 g/mol. The quantitative estimate of drug-likeness (QED) is 0.807. The van der Waals surface area contributed by atoms with E-state index in [0.29, 0.717) is 0 Å². The van der Waals surface area contributed by atoms with Gasteiger partial charge in [0.15, 0.2) is 6.10 Å². The van der Waals surface area contributed by atoms with Gasteiger partial charge in [-0.3, -0.25) is 4.79 Å². The fourth-order valence-electron chi connectivity index (χ4n) is 2.86. The molecule has 25 heavy (non-hydrogen) atoms. The number of carbonyl (C=O) groups excluding carboxylic acids is 1. The number of anilines is 1. The number of benzene rings is 2. The first kappa shape index (κ1) is 19.0. The lowest BCUT2D eigenvalue weighted by atomic mass is 9.86. The average molecular weight is 339 g/mol. The van der Waals surface area contributed by atoms with Gasteiger partial charge in [0.1, 0.15) is 5.75 Å². The fourth-order valence-corrected chi connectivity index (χ4v) is 2.86.